The summed E-state index contributed by atoms with van der Waals surface area (Å²) in [7, 11) is 1.58. The number of hydrogen-bond acceptors (Lipinski definition) is 6. The highest BCUT2D eigenvalue weighted by Crippen LogP contribution is 2.26. The van der Waals surface area contributed by atoms with E-state index in [1.54, 1.807) is 18.4 Å². The van der Waals surface area contributed by atoms with Gasteiger partial charge in [-0.3, -0.25) is 4.79 Å². The highest BCUT2D eigenvalue weighted by molar-refractivity contribution is 7.08. The summed E-state index contributed by atoms with van der Waals surface area (Å²) < 4.78 is 12.6. The number of methoxy groups -OCH3 is 1. The van der Waals surface area contributed by atoms with Crippen molar-refractivity contribution in [1.82, 2.24) is 20.3 Å². The Kier molecular flexibility index (Phi) is 4.81. The lowest BCUT2D eigenvalue weighted by Gasteiger charge is -2.24. The zero-order valence-corrected chi connectivity index (χ0v) is 13.1. The van der Waals surface area contributed by atoms with Crippen molar-refractivity contribution in [3.05, 3.63) is 22.5 Å². The van der Waals surface area contributed by atoms with E-state index in [2.05, 4.69) is 15.6 Å². The number of rotatable bonds is 6. The van der Waals surface area contributed by atoms with Crippen LogP contribution in [0.2, 0.25) is 0 Å². The van der Waals surface area contributed by atoms with Crippen molar-refractivity contribution in [2.45, 2.75) is 25.7 Å². The summed E-state index contributed by atoms with van der Waals surface area (Å²) in [5, 5.41) is 15.4. The molecule has 1 aliphatic rings. The maximum absolute atomic E-state index is 11.6. The molecule has 3 heterocycles. The summed E-state index contributed by atoms with van der Waals surface area (Å²) in [6, 6.07) is 2.03. The number of amides is 1. The number of carbonyl (C=O) groups excluding carboxylic acids is 1. The molecule has 7 nitrogen and oxygen atoms in total. The van der Waals surface area contributed by atoms with Crippen molar-refractivity contribution in [3.8, 4) is 11.3 Å². The van der Waals surface area contributed by atoms with Crippen molar-refractivity contribution < 1.29 is 14.3 Å². The lowest BCUT2D eigenvalue weighted by Crippen LogP contribution is -2.39. The second kappa shape index (κ2) is 6.99. The summed E-state index contributed by atoms with van der Waals surface area (Å²) in [6.07, 6.45) is 0.274. The van der Waals surface area contributed by atoms with Crippen LogP contribution in [0.1, 0.15) is 12.1 Å². The van der Waals surface area contributed by atoms with Gasteiger partial charge in [0.25, 0.3) is 0 Å². The second-order valence-electron chi connectivity index (χ2n) is 5.06. The Labute approximate surface area is 132 Å². The molecule has 1 N–H and O–H groups in total. The van der Waals surface area contributed by atoms with Gasteiger partial charge in [0.2, 0.25) is 5.91 Å². The molecule has 0 aliphatic carbocycles. The predicted molar refractivity (Wildman–Crippen MR) is 81.4 cm³/mol. The Balaban J connectivity index is 1.57. The van der Waals surface area contributed by atoms with Gasteiger partial charge in [-0.2, -0.15) is 11.3 Å². The largest absolute Gasteiger partial charge is 0.384 e. The third kappa shape index (κ3) is 3.34. The zero-order valence-electron chi connectivity index (χ0n) is 12.3. The number of hydrogen-bond donors (Lipinski definition) is 1. The standard InChI is InChI=1S/C14H18N4O3S/c1-20-4-2-13(19)15-6-11-7-18-12(8-21-11)14(16-17-18)10-3-5-22-9-10/h3,5,9,11H,2,4,6-8H2,1H3,(H,15,19). The van der Waals surface area contributed by atoms with Gasteiger partial charge in [-0.1, -0.05) is 5.21 Å². The van der Waals surface area contributed by atoms with E-state index in [0.717, 1.165) is 17.0 Å². The fraction of sp³-hybridized carbons (Fsp3) is 0.500. The zero-order chi connectivity index (χ0) is 15.4. The summed E-state index contributed by atoms with van der Waals surface area (Å²) in [4.78, 5) is 11.6. The van der Waals surface area contributed by atoms with Crippen molar-refractivity contribution in [2.75, 3.05) is 20.3 Å². The number of carbonyl (C=O) groups is 1. The van der Waals surface area contributed by atoms with Crippen LogP contribution in [-0.4, -0.2) is 47.3 Å². The quantitative estimate of drug-likeness (QED) is 0.860. The molecule has 118 valence electrons. The average molecular weight is 322 g/mol. The third-order valence-electron chi connectivity index (χ3n) is 3.52. The number of nitrogens with one attached hydrogen (secondary N) is 1. The number of aromatic nitrogens is 3. The monoisotopic (exact) mass is 322 g/mol. The molecule has 0 saturated heterocycles. The summed E-state index contributed by atoms with van der Waals surface area (Å²) in [6.45, 7) is 1.94. The van der Waals surface area contributed by atoms with Gasteiger partial charge in [0, 0.05) is 31.0 Å². The molecule has 0 radical (unpaired) electrons. The molecule has 0 spiro atoms. The Bertz CT molecular complexity index is 626. The minimum absolute atomic E-state index is 0.0335. The smallest absolute Gasteiger partial charge is 0.222 e. The van der Waals surface area contributed by atoms with Crippen molar-refractivity contribution in [3.63, 3.8) is 0 Å². The topological polar surface area (TPSA) is 78.3 Å². The molecule has 0 fully saturated rings. The number of fused-ring (bicyclic) bond motifs is 1. The van der Waals surface area contributed by atoms with Gasteiger partial charge in [0.05, 0.1) is 31.6 Å². The van der Waals surface area contributed by atoms with Crippen LogP contribution in [0.3, 0.4) is 0 Å². The minimum atomic E-state index is -0.0870. The number of ether oxygens (including phenoxy) is 2. The summed E-state index contributed by atoms with van der Waals surface area (Å²) >= 11 is 1.63. The van der Waals surface area contributed by atoms with Crippen LogP contribution in [-0.2, 0) is 27.4 Å². The van der Waals surface area contributed by atoms with E-state index >= 15 is 0 Å². The van der Waals surface area contributed by atoms with E-state index in [-0.39, 0.29) is 12.0 Å². The first-order valence-electron chi connectivity index (χ1n) is 7.10. The molecule has 8 heteroatoms. The first-order chi connectivity index (χ1) is 10.8. The van der Waals surface area contributed by atoms with Gasteiger partial charge in [0.15, 0.2) is 0 Å². The molecule has 3 rings (SSSR count). The molecule has 0 bridgehead atoms. The SMILES string of the molecule is COCCC(=O)NCC1Cn2nnc(-c3ccsc3)c2CO1. The molecule has 2 aromatic heterocycles. The van der Waals surface area contributed by atoms with Gasteiger partial charge >= 0.3 is 0 Å². The van der Waals surface area contributed by atoms with E-state index in [0.29, 0.717) is 32.7 Å². The van der Waals surface area contributed by atoms with E-state index in [1.807, 2.05) is 21.5 Å². The minimum Gasteiger partial charge on any atom is -0.384 e. The van der Waals surface area contributed by atoms with Crippen molar-refractivity contribution in [2.24, 2.45) is 0 Å². The third-order valence-corrected chi connectivity index (χ3v) is 4.21. The van der Waals surface area contributed by atoms with Crippen molar-refractivity contribution in [1.29, 1.82) is 0 Å². The Hall–Kier alpha value is -1.77. The van der Waals surface area contributed by atoms with Crippen LogP contribution in [0.25, 0.3) is 11.3 Å². The van der Waals surface area contributed by atoms with Gasteiger partial charge < -0.3 is 14.8 Å². The van der Waals surface area contributed by atoms with E-state index in [4.69, 9.17) is 9.47 Å². The van der Waals surface area contributed by atoms with Gasteiger partial charge in [-0.25, -0.2) is 4.68 Å². The van der Waals surface area contributed by atoms with Crippen LogP contribution < -0.4 is 5.32 Å². The molecule has 1 aliphatic heterocycles. The first-order valence-corrected chi connectivity index (χ1v) is 8.04. The van der Waals surface area contributed by atoms with Crippen LogP contribution in [0.4, 0.5) is 0 Å². The Morgan fingerprint density at radius 3 is 3.32 bits per heavy atom. The van der Waals surface area contributed by atoms with Gasteiger partial charge in [-0.05, 0) is 11.4 Å². The predicted octanol–water partition coefficient (Wildman–Crippen LogP) is 1.06. The maximum atomic E-state index is 11.6. The molecule has 0 aromatic carbocycles. The van der Waals surface area contributed by atoms with Crippen LogP contribution >= 0.6 is 11.3 Å². The average Bonchev–Trinajstić information content (AvgIpc) is 3.19. The molecular weight excluding hydrogens is 304 g/mol. The van der Waals surface area contributed by atoms with Gasteiger partial charge in [0.1, 0.15) is 5.69 Å². The van der Waals surface area contributed by atoms with Crippen molar-refractivity contribution >= 4 is 17.2 Å². The normalized spacial score (nSPS) is 17.2. The lowest BCUT2D eigenvalue weighted by molar-refractivity contribution is -0.123. The molecule has 22 heavy (non-hydrogen) atoms. The van der Waals surface area contributed by atoms with Crippen LogP contribution in [0.15, 0.2) is 16.8 Å². The fourth-order valence-electron chi connectivity index (χ4n) is 2.32. The molecule has 1 amide bonds. The number of thiophene rings is 1. The first kappa shape index (κ1) is 15.1. The Morgan fingerprint density at radius 2 is 2.55 bits per heavy atom. The maximum Gasteiger partial charge on any atom is 0.222 e. The van der Waals surface area contributed by atoms with E-state index in [9.17, 15) is 4.79 Å². The van der Waals surface area contributed by atoms with E-state index < -0.39 is 0 Å². The van der Waals surface area contributed by atoms with Crippen LogP contribution in [0.5, 0.6) is 0 Å². The summed E-state index contributed by atoms with van der Waals surface area (Å²) in [5.74, 6) is -0.0335. The number of nitrogens with zero attached hydrogens (tertiary/aromatic N) is 3. The Morgan fingerprint density at radius 1 is 1.64 bits per heavy atom. The highest BCUT2D eigenvalue weighted by Gasteiger charge is 2.24. The van der Waals surface area contributed by atoms with E-state index in [1.165, 1.54) is 0 Å². The molecule has 1 atom stereocenters. The highest BCUT2D eigenvalue weighted by atomic mass is 32.1. The molecular formula is C14H18N4O3S. The fourth-order valence-corrected chi connectivity index (χ4v) is 2.96. The molecule has 2 aromatic rings. The molecule has 1 unspecified atom stereocenters. The van der Waals surface area contributed by atoms with Gasteiger partial charge in [-0.15, -0.1) is 5.10 Å². The summed E-state index contributed by atoms with van der Waals surface area (Å²) in [5.41, 5.74) is 2.94. The molecule has 0 saturated carbocycles. The van der Waals surface area contributed by atoms with Crippen LogP contribution in [0, 0.1) is 0 Å². The second-order valence-corrected chi connectivity index (χ2v) is 5.84. The lowest BCUT2D eigenvalue weighted by atomic mass is 10.2.